The maximum Gasteiger partial charge on any atom is 0.0297 e. The zero-order valence-electron chi connectivity index (χ0n) is 8.52. The molecule has 0 spiro atoms. The van der Waals surface area contributed by atoms with Gasteiger partial charge in [0.05, 0.1) is 0 Å². The van der Waals surface area contributed by atoms with E-state index in [0.29, 0.717) is 12.1 Å². The van der Waals surface area contributed by atoms with Crippen molar-refractivity contribution in [3.05, 3.63) is 11.1 Å². The summed E-state index contributed by atoms with van der Waals surface area (Å²) in [6.07, 6.45) is 1.21. The molecule has 3 heteroatoms. The molecular formula is C10H19BrN2. The molecular weight excluding hydrogens is 228 g/mol. The molecule has 0 aliphatic carbocycles. The van der Waals surface area contributed by atoms with Gasteiger partial charge in [-0.25, -0.2) is 0 Å². The second kappa shape index (κ2) is 5.13. The molecule has 76 valence electrons. The van der Waals surface area contributed by atoms with Crippen LogP contribution in [0.4, 0.5) is 0 Å². The third-order valence-electron chi connectivity index (χ3n) is 2.65. The highest BCUT2D eigenvalue weighted by Crippen LogP contribution is 2.12. The molecule has 0 aromatic carbocycles. The quantitative estimate of drug-likeness (QED) is 0.820. The molecule has 2 nitrogen and oxygen atoms in total. The van der Waals surface area contributed by atoms with Gasteiger partial charge in [-0.2, -0.15) is 0 Å². The van der Waals surface area contributed by atoms with Crippen LogP contribution in [0.15, 0.2) is 11.1 Å². The summed E-state index contributed by atoms with van der Waals surface area (Å²) in [6.45, 7) is 11.6. The number of piperazine rings is 1. The van der Waals surface area contributed by atoms with Crippen LogP contribution in [0.1, 0.15) is 20.3 Å². The highest BCUT2D eigenvalue weighted by molar-refractivity contribution is 9.11. The second-order valence-corrected chi connectivity index (χ2v) is 4.93. The monoisotopic (exact) mass is 246 g/mol. The lowest BCUT2D eigenvalue weighted by Crippen LogP contribution is -2.55. The first-order valence-electron chi connectivity index (χ1n) is 4.94. The van der Waals surface area contributed by atoms with Crippen LogP contribution >= 0.6 is 15.9 Å². The van der Waals surface area contributed by atoms with Crippen LogP contribution in [0.3, 0.4) is 0 Å². The van der Waals surface area contributed by atoms with E-state index in [-0.39, 0.29) is 0 Å². The molecule has 0 saturated carbocycles. The van der Waals surface area contributed by atoms with Gasteiger partial charge in [0.15, 0.2) is 0 Å². The molecule has 1 aliphatic heterocycles. The van der Waals surface area contributed by atoms with Crippen LogP contribution in [-0.4, -0.2) is 36.6 Å². The summed E-state index contributed by atoms with van der Waals surface area (Å²) in [5.41, 5.74) is 0. The predicted molar refractivity (Wildman–Crippen MR) is 61.2 cm³/mol. The van der Waals surface area contributed by atoms with Gasteiger partial charge in [0.2, 0.25) is 0 Å². The van der Waals surface area contributed by atoms with Gasteiger partial charge in [0.1, 0.15) is 0 Å². The second-order valence-electron chi connectivity index (χ2n) is 3.81. The fraction of sp³-hybridized carbons (Fsp3) is 0.800. The van der Waals surface area contributed by atoms with E-state index in [9.17, 15) is 0 Å². The normalized spacial score (nSPS) is 30.4. The van der Waals surface area contributed by atoms with Crippen molar-refractivity contribution in [3.8, 4) is 0 Å². The Morgan fingerprint density at radius 1 is 1.69 bits per heavy atom. The molecule has 2 unspecified atom stereocenters. The van der Waals surface area contributed by atoms with Crippen LogP contribution in [0.5, 0.6) is 0 Å². The van der Waals surface area contributed by atoms with Gasteiger partial charge in [-0.15, -0.1) is 0 Å². The van der Waals surface area contributed by atoms with E-state index >= 15 is 0 Å². The maximum atomic E-state index is 3.89. The fourth-order valence-electron chi connectivity index (χ4n) is 1.71. The molecule has 1 heterocycles. The number of rotatable bonds is 3. The molecule has 1 rings (SSSR count). The molecule has 0 aromatic rings. The Bertz CT molecular complexity index is 182. The van der Waals surface area contributed by atoms with Gasteiger partial charge in [-0.1, -0.05) is 29.4 Å². The summed E-state index contributed by atoms with van der Waals surface area (Å²) >= 11 is 3.42. The van der Waals surface area contributed by atoms with Gasteiger partial charge in [0, 0.05) is 36.2 Å². The number of hydrogen-bond acceptors (Lipinski definition) is 2. The van der Waals surface area contributed by atoms with Crippen molar-refractivity contribution in [3.63, 3.8) is 0 Å². The van der Waals surface area contributed by atoms with Crippen molar-refractivity contribution in [2.24, 2.45) is 0 Å². The summed E-state index contributed by atoms with van der Waals surface area (Å²) < 4.78 is 1.08. The summed E-state index contributed by atoms with van der Waals surface area (Å²) in [5.74, 6) is 0. The van der Waals surface area contributed by atoms with E-state index < -0.39 is 0 Å². The lowest BCUT2D eigenvalue weighted by Gasteiger charge is -2.38. The lowest BCUT2D eigenvalue weighted by atomic mass is 10.1. The first-order valence-corrected chi connectivity index (χ1v) is 5.73. The van der Waals surface area contributed by atoms with Gasteiger partial charge in [0.25, 0.3) is 0 Å². The minimum atomic E-state index is 0.622. The van der Waals surface area contributed by atoms with Gasteiger partial charge < -0.3 is 5.32 Å². The van der Waals surface area contributed by atoms with Crippen LogP contribution in [0.25, 0.3) is 0 Å². The smallest absolute Gasteiger partial charge is 0.0297 e. The number of nitrogens with one attached hydrogen (secondary N) is 1. The Morgan fingerprint density at radius 2 is 2.38 bits per heavy atom. The topological polar surface area (TPSA) is 15.3 Å². The highest BCUT2D eigenvalue weighted by atomic mass is 79.9. The molecule has 1 fully saturated rings. The van der Waals surface area contributed by atoms with E-state index in [1.165, 1.54) is 6.42 Å². The zero-order chi connectivity index (χ0) is 9.84. The molecule has 0 amide bonds. The minimum absolute atomic E-state index is 0.622. The molecule has 1 saturated heterocycles. The Balaban J connectivity index is 2.44. The Morgan fingerprint density at radius 3 is 2.92 bits per heavy atom. The maximum absolute atomic E-state index is 3.89. The predicted octanol–water partition coefficient (Wildman–Crippen LogP) is 1.97. The number of halogens is 1. The van der Waals surface area contributed by atoms with Crippen LogP contribution in [0.2, 0.25) is 0 Å². The Labute approximate surface area is 89.5 Å². The van der Waals surface area contributed by atoms with Crippen molar-refractivity contribution in [2.75, 3.05) is 19.6 Å². The van der Waals surface area contributed by atoms with E-state index in [2.05, 4.69) is 46.6 Å². The summed E-state index contributed by atoms with van der Waals surface area (Å²) in [6, 6.07) is 1.28. The lowest BCUT2D eigenvalue weighted by molar-refractivity contribution is 0.154. The molecule has 2 atom stereocenters. The average molecular weight is 247 g/mol. The minimum Gasteiger partial charge on any atom is -0.311 e. The molecule has 0 aromatic heterocycles. The van der Waals surface area contributed by atoms with Crippen LogP contribution in [0, 0.1) is 0 Å². The van der Waals surface area contributed by atoms with Gasteiger partial charge in [-0.05, 0) is 13.3 Å². The van der Waals surface area contributed by atoms with E-state index in [1.807, 2.05) is 0 Å². The zero-order valence-corrected chi connectivity index (χ0v) is 10.1. The molecule has 1 aliphatic rings. The molecule has 0 bridgehead atoms. The molecule has 0 radical (unpaired) electrons. The fourth-order valence-corrected chi connectivity index (χ4v) is 2.03. The van der Waals surface area contributed by atoms with Crippen LogP contribution < -0.4 is 5.32 Å². The first kappa shape index (κ1) is 11.2. The summed E-state index contributed by atoms with van der Waals surface area (Å²) in [4.78, 5) is 2.47. The summed E-state index contributed by atoms with van der Waals surface area (Å²) in [7, 11) is 0. The standard InChI is InChI=1S/C10H19BrN2/c1-4-10-7-13(6-8(2)11)9(3)5-12-10/h9-10,12H,2,4-7H2,1,3H3. The van der Waals surface area contributed by atoms with E-state index in [4.69, 9.17) is 0 Å². The van der Waals surface area contributed by atoms with Gasteiger partial charge >= 0.3 is 0 Å². The molecule has 13 heavy (non-hydrogen) atoms. The van der Waals surface area contributed by atoms with Crippen molar-refractivity contribution in [1.82, 2.24) is 10.2 Å². The van der Waals surface area contributed by atoms with Gasteiger partial charge in [-0.3, -0.25) is 4.90 Å². The Hall–Kier alpha value is 0.140. The van der Waals surface area contributed by atoms with Crippen LogP contribution in [-0.2, 0) is 0 Å². The largest absolute Gasteiger partial charge is 0.311 e. The highest BCUT2D eigenvalue weighted by Gasteiger charge is 2.23. The van der Waals surface area contributed by atoms with Crippen molar-refractivity contribution in [2.45, 2.75) is 32.4 Å². The first-order chi connectivity index (χ1) is 6.13. The van der Waals surface area contributed by atoms with Crippen molar-refractivity contribution < 1.29 is 0 Å². The summed E-state index contributed by atoms with van der Waals surface area (Å²) in [5, 5.41) is 3.54. The third kappa shape index (κ3) is 3.41. The third-order valence-corrected chi connectivity index (χ3v) is 2.90. The average Bonchev–Trinajstić information content (AvgIpc) is 2.08. The Kier molecular flexibility index (Phi) is 4.42. The number of nitrogens with zero attached hydrogens (tertiary/aromatic N) is 1. The SMILES string of the molecule is C=C(Br)CN1CC(CC)NCC1C. The number of hydrogen-bond donors (Lipinski definition) is 1. The van der Waals surface area contributed by atoms with Crippen molar-refractivity contribution >= 4 is 15.9 Å². The van der Waals surface area contributed by atoms with E-state index in [1.54, 1.807) is 0 Å². The van der Waals surface area contributed by atoms with E-state index in [0.717, 1.165) is 24.1 Å². The molecule has 1 N–H and O–H groups in total. The van der Waals surface area contributed by atoms with Crippen molar-refractivity contribution in [1.29, 1.82) is 0 Å².